The third kappa shape index (κ3) is 4.24. The van der Waals surface area contributed by atoms with E-state index in [0.717, 1.165) is 39.9 Å². The Hall–Kier alpha value is -3.33. The van der Waals surface area contributed by atoms with Gasteiger partial charge in [-0.05, 0) is 55.4 Å². The van der Waals surface area contributed by atoms with Crippen LogP contribution >= 0.6 is 11.8 Å². The van der Waals surface area contributed by atoms with Crippen LogP contribution in [-0.4, -0.2) is 38.5 Å². The van der Waals surface area contributed by atoms with Crippen molar-refractivity contribution in [2.45, 2.75) is 25.5 Å². The van der Waals surface area contributed by atoms with Crippen LogP contribution in [0.3, 0.4) is 0 Å². The largest absolute Gasteiger partial charge is 0.507 e. The molecule has 1 aliphatic rings. The molecule has 2 aromatic carbocycles. The molecule has 8 nitrogen and oxygen atoms in total. The quantitative estimate of drug-likeness (QED) is 0.641. The Morgan fingerprint density at radius 2 is 1.86 bits per heavy atom. The highest BCUT2D eigenvalue weighted by Crippen LogP contribution is 2.35. The van der Waals surface area contributed by atoms with Crippen LogP contribution in [0.5, 0.6) is 5.75 Å². The summed E-state index contributed by atoms with van der Waals surface area (Å²) in [5, 5.41) is 19.7. The number of carbonyl (C=O) groups is 4. The normalized spacial score (nSPS) is 16.2. The van der Waals surface area contributed by atoms with E-state index in [-0.39, 0.29) is 17.7 Å². The van der Waals surface area contributed by atoms with Gasteiger partial charge in [0, 0.05) is 12.1 Å². The maximum atomic E-state index is 12.7. The van der Waals surface area contributed by atoms with Crippen LogP contribution in [0.15, 0.2) is 36.4 Å². The molecule has 0 bridgehead atoms. The van der Waals surface area contributed by atoms with Gasteiger partial charge >= 0.3 is 5.97 Å². The smallest absolute Gasteiger partial charge is 0.339 e. The Labute approximate surface area is 170 Å². The summed E-state index contributed by atoms with van der Waals surface area (Å²) in [6.07, 6.45) is -0.250. The third-order valence-corrected chi connectivity index (χ3v) is 5.43. The lowest BCUT2D eigenvalue weighted by molar-refractivity contribution is -0.121. The molecule has 1 aliphatic heterocycles. The summed E-state index contributed by atoms with van der Waals surface area (Å²) in [4.78, 5) is 49.6. The fourth-order valence-electron chi connectivity index (χ4n) is 3.03. The molecule has 0 spiro atoms. The van der Waals surface area contributed by atoms with Gasteiger partial charge in [-0.2, -0.15) is 0 Å². The van der Waals surface area contributed by atoms with E-state index in [1.165, 1.54) is 6.07 Å². The summed E-state index contributed by atoms with van der Waals surface area (Å²) in [5.41, 5.74) is 2.08. The van der Waals surface area contributed by atoms with Crippen LogP contribution in [0, 0.1) is 13.8 Å². The van der Waals surface area contributed by atoms with Crippen molar-refractivity contribution in [1.29, 1.82) is 0 Å². The number of hydrogen-bond donors (Lipinski definition) is 3. The number of imide groups is 1. The standard InChI is InChI=1S/C20H18N2O6S/c1-10-3-5-14(11(2)7-10)22-18(25)16(29-20(22)28)9-17(24)21-12-4-6-15(23)13(8-12)19(26)27/h3-8,16,23H,9H2,1-2H3,(H,21,24)(H,26,27). The number of anilines is 2. The van der Waals surface area contributed by atoms with E-state index < -0.39 is 34.0 Å². The molecular formula is C20H18N2O6S. The molecule has 150 valence electrons. The first-order chi connectivity index (χ1) is 13.7. The van der Waals surface area contributed by atoms with Crippen LogP contribution in [0.1, 0.15) is 27.9 Å². The maximum absolute atomic E-state index is 12.7. The lowest BCUT2D eigenvalue weighted by Crippen LogP contribution is -2.33. The van der Waals surface area contributed by atoms with Crippen LogP contribution in [0.25, 0.3) is 0 Å². The molecule has 0 aromatic heterocycles. The molecule has 9 heteroatoms. The van der Waals surface area contributed by atoms with Gasteiger partial charge in [0.05, 0.1) is 5.69 Å². The number of thioether (sulfide) groups is 1. The molecule has 1 heterocycles. The molecule has 0 aliphatic carbocycles. The number of carbonyl (C=O) groups excluding carboxylic acids is 3. The molecule has 0 saturated carbocycles. The van der Waals surface area contributed by atoms with E-state index >= 15 is 0 Å². The monoisotopic (exact) mass is 414 g/mol. The summed E-state index contributed by atoms with van der Waals surface area (Å²) in [6.45, 7) is 3.71. The van der Waals surface area contributed by atoms with Crippen molar-refractivity contribution >= 4 is 46.2 Å². The van der Waals surface area contributed by atoms with Crippen molar-refractivity contribution < 1.29 is 29.4 Å². The Bertz CT molecular complexity index is 1040. The van der Waals surface area contributed by atoms with Crippen molar-refractivity contribution in [2.24, 2.45) is 0 Å². The molecule has 3 rings (SSSR count). The van der Waals surface area contributed by atoms with Gasteiger partial charge < -0.3 is 15.5 Å². The van der Waals surface area contributed by atoms with E-state index in [1.807, 2.05) is 13.0 Å². The van der Waals surface area contributed by atoms with Gasteiger partial charge in [-0.15, -0.1) is 0 Å². The average Bonchev–Trinajstić information content (AvgIpc) is 2.90. The summed E-state index contributed by atoms with van der Waals surface area (Å²) >= 11 is 0.781. The molecule has 1 atom stereocenters. The number of carboxylic acids is 1. The molecule has 0 radical (unpaired) electrons. The minimum atomic E-state index is -1.34. The summed E-state index contributed by atoms with van der Waals surface area (Å²) in [6, 6.07) is 8.99. The van der Waals surface area contributed by atoms with Crippen molar-refractivity contribution in [3.63, 3.8) is 0 Å². The van der Waals surface area contributed by atoms with Crippen LogP contribution in [0.4, 0.5) is 16.2 Å². The van der Waals surface area contributed by atoms with Crippen LogP contribution in [0.2, 0.25) is 0 Å². The highest BCUT2D eigenvalue weighted by molar-refractivity contribution is 8.15. The number of nitrogens with zero attached hydrogens (tertiary/aromatic N) is 1. The second-order valence-corrected chi connectivity index (χ2v) is 7.78. The predicted octanol–water partition coefficient (Wildman–Crippen LogP) is 3.30. The fraction of sp³-hybridized carbons (Fsp3) is 0.200. The zero-order chi connectivity index (χ0) is 21.3. The molecule has 29 heavy (non-hydrogen) atoms. The van der Waals surface area contributed by atoms with Gasteiger partial charge in [-0.25, -0.2) is 9.69 Å². The summed E-state index contributed by atoms with van der Waals surface area (Å²) in [7, 11) is 0. The second kappa shape index (κ2) is 7.96. The number of benzene rings is 2. The van der Waals surface area contributed by atoms with E-state index in [1.54, 1.807) is 19.1 Å². The lowest BCUT2D eigenvalue weighted by Gasteiger charge is -2.17. The van der Waals surface area contributed by atoms with Gasteiger partial charge in [-0.3, -0.25) is 14.4 Å². The zero-order valence-electron chi connectivity index (χ0n) is 15.6. The van der Waals surface area contributed by atoms with Crippen molar-refractivity contribution in [3.05, 3.63) is 53.1 Å². The minimum Gasteiger partial charge on any atom is -0.507 e. The molecule has 3 N–H and O–H groups in total. The molecular weight excluding hydrogens is 396 g/mol. The highest BCUT2D eigenvalue weighted by Gasteiger charge is 2.42. The predicted molar refractivity (Wildman–Crippen MR) is 108 cm³/mol. The third-order valence-electron chi connectivity index (χ3n) is 4.40. The summed E-state index contributed by atoms with van der Waals surface area (Å²) < 4.78 is 0. The van der Waals surface area contributed by atoms with Crippen molar-refractivity contribution in [3.8, 4) is 5.75 Å². The molecule has 1 fully saturated rings. The Kier molecular flexibility index (Phi) is 5.60. The number of aromatic hydroxyl groups is 1. The number of hydrogen-bond acceptors (Lipinski definition) is 6. The first-order valence-electron chi connectivity index (χ1n) is 8.65. The van der Waals surface area contributed by atoms with E-state index in [4.69, 9.17) is 5.11 Å². The molecule has 1 unspecified atom stereocenters. The number of phenols is 1. The van der Waals surface area contributed by atoms with Crippen LogP contribution in [-0.2, 0) is 9.59 Å². The van der Waals surface area contributed by atoms with E-state index in [2.05, 4.69) is 5.32 Å². The Morgan fingerprint density at radius 1 is 1.14 bits per heavy atom. The molecule has 1 saturated heterocycles. The zero-order valence-corrected chi connectivity index (χ0v) is 16.4. The SMILES string of the molecule is Cc1ccc(N2C(=O)SC(CC(=O)Nc3ccc(O)c(C(=O)O)c3)C2=O)c(C)c1. The number of nitrogens with one attached hydrogen (secondary N) is 1. The topological polar surface area (TPSA) is 124 Å². The van der Waals surface area contributed by atoms with Gasteiger partial charge in [0.15, 0.2) is 0 Å². The highest BCUT2D eigenvalue weighted by atomic mass is 32.2. The maximum Gasteiger partial charge on any atom is 0.339 e. The number of amides is 3. The number of carboxylic acid groups (broad SMARTS) is 1. The fourth-order valence-corrected chi connectivity index (χ4v) is 4.00. The Morgan fingerprint density at radius 3 is 2.52 bits per heavy atom. The molecule has 2 aromatic rings. The van der Waals surface area contributed by atoms with Gasteiger partial charge in [0.2, 0.25) is 11.8 Å². The van der Waals surface area contributed by atoms with E-state index in [0.29, 0.717) is 5.69 Å². The minimum absolute atomic E-state index is 0.165. The van der Waals surface area contributed by atoms with Crippen molar-refractivity contribution in [1.82, 2.24) is 0 Å². The van der Waals surface area contributed by atoms with Crippen LogP contribution < -0.4 is 10.2 Å². The van der Waals surface area contributed by atoms with Gasteiger partial charge in [0.1, 0.15) is 16.6 Å². The van der Waals surface area contributed by atoms with Gasteiger partial charge in [-0.1, -0.05) is 17.7 Å². The van der Waals surface area contributed by atoms with Crippen molar-refractivity contribution in [2.75, 3.05) is 10.2 Å². The Balaban J connectivity index is 1.72. The number of aromatic carboxylic acids is 1. The average molecular weight is 414 g/mol. The first-order valence-corrected chi connectivity index (χ1v) is 9.53. The number of rotatable bonds is 5. The van der Waals surface area contributed by atoms with E-state index in [9.17, 15) is 24.3 Å². The summed E-state index contributed by atoms with van der Waals surface area (Å²) in [5.74, 6) is -2.78. The first kappa shape index (κ1) is 20.4. The molecule has 3 amide bonds. The van der Waals surface area contributed by atoms with Gasteiger partial charge in [0.25, 0.3) is 5.24 Å². The lowest BCUT2D eigenvalue weighted by atomic mass is 10.1. The second-order valence-electron chi connectivity index (χ2n) is 6.63. The number of aryl methyl sites for hydroxylation is 2.